The lowest BCUT2D eigenvalue weighted by Crippen LogP contribution is -2.47. The van der Waals surface area contributed by atoms with E-state index in [1.54, 1.807) is 32.9 Å². The molecule has 1 aliphatic heterocycles. The molecule has 22 heavy (non-hydrogen) atoms. The predicted octanol–water partition coefficient (Wildman–Crippen LogP) is 3.21. The standard InChI is InChI=1S/C17H22FNO3/c1-17(2,3)22-16(21)19-10-4-5-14(15(19)11-20)12-6-8-13(18)9-7-12/h5-9,15,20H,4,10-11H2,1-3H3. The number of carbonyl (C=O) groups excluding carboxylic acids is 1. The van der Waals surface area contributed by atoms with E-state index in [4.69, 9.17) is 4.74 Å². The Hall–Kier alpha value is -1.88. The Labute approximate surface area is 130 Å². The molecular formula is C17H22FNO3. The van der Waals surface area contributed by atoms with Gasteiger partial charge in [0.2, 0.25) is 0 Å². The largest absolute Gasteiger partial charge is 0.444 e. The fourth-order valence-electron chi connectivity index (χ4n) is 2.51. The summed E-state index contributed by atoms with van der Waals surface area (Å²) in [7, 11) is 0. The van der Waals surface area contributed by atoms with Gasteiger partial charge >= 0.3 is 6.09 Å². The maximum Gasteiger partial charge on any atom is 0.410 e. The molecule has 0 saturated heterocycles. The highest BCUT2D eigenvalue weighted by Gasteiger charge is 2.32. The summed E-state index contributed by atoms with van der Waals surface area (Å²) >= 11 is 0. The van der Waals surface area contributed by atoms with Crippen molar-refractivity contribution in [3.8, 4) is 0 Å². The maximum atomic E-state index is 13.1. The van der Waals surface area contributed by atoms with E-state index in [9.17, 15) is 14.3 Å². The molecule has 0 spiro atoms. The Morgan fingerprint density at radius 2 is 2.00 bits per heavy atom. The molecular weight excluding hydrogens is 285 g/mol. The minimum atomic E-state index is -0.589. The SMILES string of the molecule is CC(C)(C)OC(=O)N1CCC=C(c2ccc(F)cc2)C1CO. The van der Waals surface area contributed by atoms with Crippen LogP contribution in [0.2, 0.25) is 0 Å². The molecule has 1 heterocycles. The van der Waals surface area contributed by atoms with Crippen LogP contribution in [0.5, 0.6) is 0 Å². The minimum absolute atomic E-state index is 0.206. The first kappa shape index (κ1) is 16.5. The third-order valence-corrected chi connectivity index (χ3v) is 3.45. The smallest absolute Gasteiger partial charge is 0.410 e. The van der Waals surface area contributed by atoms with E-state index in [2.05, 4.69) is 0 Å². The number of hydrogen-bond acceptors (Lipinski definition) is 3. The fourth-order valence-corrected chi connectivity index (χ4v) is 2.51. The van der Waals surface area contributed by atoms with E-state index in [-0.39, 0.29) is 12.4 Å². The molecule has 1 aromatic carbocycles. The van der Waals surface area contributed by atoms with Crippen molar-refractivity contribution in [3.63, 3.8) is 0 Å². The van der Waals surface area contributed by atoms with Gasteiger partial charge in [0.1, 0.15) is 11.4 Å². The highest BCUT2D eigenvalue weighted by atomic mass is 19.1. The minimum Gasteiger partial charge on any atom is -0.444 e. The summed E-state index contributed by atoms with van der Waals surface area (Å²) in [6.07, 6.45) is 2.21. The lowest BCUT2D eigenvalue weighted by molar-refractivity contribution is 0.0151. The zero-order chi connectivity index (χ0) is 16.3. The molecule has 2 rings (SSSR count). The first-order valence-corrected chi connectivity index (χ1v) is 7.38. The van der Waals surface area contributed by atoms with Crippen LogP contribution >= 0.6 is 0 Å². The number of ether oxygens (including phenoxy) is 1. The van der Waals surface area contributed by atoms with Crippen LogP contribution in [-0.2, 0) is 4.74 Å². The Morgan fingerprint density at radius 3 is 2.55 bits per heavy atom. The number of hydrogen-bond donors (Lipinski definition) is 1. The molecule has 0 radical (unpaired) electrons. The van der Waals surface area contributed by atoms with E-state index >= 15 is 0 Å². The molecule has 0 aliphatic carbocycles. The number of aliphatic hydroxyl groups is 1. The van der Waals surface area contributed by atoms with E-state index in [0.29, 0.717) is 13.0 Å². The number of aliphatic hydroxyl groups excluding tert-OH is 1. The topological polar surface area (TPSA) is 49.8 Å². The second kappa shape index (κ2) is 6.48. The first-order valence-electron chi connectivity index (χ1n) is 7.38. The number of benzene rings is 1. The van der Waals surface area contributed by atoms with Gasteiger partial charge < -0.3 is 9.84 Å². The number of amides is 1. The average molecular weight is 307 g/mol. The van der Waals surface area contributed by atoms with Gasteiger partial charge in [-0.15, -0.1) is 0 Å². The highest BCUT2D eigenvalue weighted by molar-refractivity contribution is 5.77. The van der Waals surface area contributed by atoms with Crippen molar-refractivity contribution in [2.75, 3.05) is 13.2 Å². The fraction of sp³-hybridized carbons (Fsp3) is 0.471. The first-order chi connectivity index (χ1) is 10.3. The average Bonchev–Trinajstić information content (AvgIpc) is 2.45. The molecule has 1 atom stereocenters. The molecule has 4 nitrogen and oxygen atoms in total. The number of nitrogens with zero attached hydrogens (tertiary/aromatic N) is 1. The monoisotopic (exact) mass is 307 g/mol. The van der Waals surface area contributed by atoms with Crippen LogP contribution in [0.4, 0.5) is 9.18 Å². The second-order valence-electron chi connectivity index (χ2n) is 6.33. The van der Waals surface area contributed by atoms with E-state index in [0.717, 1.165) is 11.1 Å². The van der Waals surface area contributed by atoms with Gasteiger partial charge in [-0.3, -0.25) is 4.90 Å². The van der Waals surface area contributed by atoms with Crippen molar-refractivity contribution in [1.82, 2.24) is 4.90 Å². The molecule has 1 amide bonds. The quantitative estimate of drug-likeness (QED) is 0.912. The van der Waals surface area contributed by atoms with Gasteiger partial charge in [-0.05, 0) is 50.5 Å². The third-order valence-electron chi connectivity index (χ3n) is 3.45. The Balaban J connectivity index is 2.24. The number of rotatable bonds is 2. The molecule has 0 aromatic heterocycles. The lowest BCUT2D eigenvalue weighted by Gasteiger charge is -2.36. The van der Waals surface area contributed by atoms with Gasteiger partial charge in [-0.1, -0.05) is 18.2 Å². The molecule has 0 fully saturated rings. The van der Waals surface area contributed by atoms with Gasteiger partial charge in [0.05, 0.1) is 12.6 Å². The highest BCUT2D eigenvalue weighted by Crippen LogP contribution is 2.28. The van der Waals surface area contributed by atoms with Crippen molar-refractivity contribution < 1.29 is 19.0 Å². The van der Waals surface area contributed by atoms with Crippen molar-refractivity contribution in [3.05, 3.63) is 41.7 Å². The summed E-state index contributed by atoms with van der Waals surface area (Å²) in [5.74, 6) is -0.315. The summed E-state index contributed by atoms with van der Waals surface area (Å²) in [6, 6.07) is 5.58. The molecule has 5 heteroatoms. The summed E-state index contributed by atoms with van der Waals surface area (Å²) < 4.78 is 18.5. The molecule has 0 bridgehead atoms. The van der Waals surface area contributed by atoms with Crippen LogP contribution in [0.1, 0.15) is 32.8 Å². The summed E-state index contributed by atoms with van der Waals surface area (Å²) in [4.78, 5) is 13.9. The number of halogens is 1. The van der Waals surface area contributed by atoms with Crippen molar-refractivity contribution in [2.45, 2.75) is 38.8 Å². The van der Waals surface area contributed by atoms with Crippen LogP contribution in [0.15, 0.2) is 30.3 Å². The van der Waals surface area contributed by atoms with Gasteiger partial charge in [-0.2, -0.15) is 0 Å². The van der Waals surface area contributed by atoms with Crippen molar-refractivity contribution in [1.29, 1.82) is 0 Å². The van der Waals surface area contributed by atoms with Crippen LogP contribution in [0.25, 0.3) is 5.57 Å². The zero-order valence-electron chi connectivity index (χ0n) is 13.2. The molecule has 1 N–H and O–H groups in total. The zero-order valence-corrected chi connectivity index (χ0v) is 13.2. The van der Waals surface area contributed by atoms with E-state index in [1.807, 2.05) is 6.08 Å². The Morgan fingerprint density at radius 1 is 1.36 bits per heavy atom. The van der Waals surface area contributed by atoms with Crippen LogP contribution in [-0.4, -0.2) is 40.9 Å². The van der Waals surface area contributed by atoms with Gasteiger partial charge in [0.25, 0.3) is 0 Å². The molecule has 120 valence electrons. The van der Waals surface area contributed by atoms with Gasteiger partial charge in [0, 0.05) is 6.54 Å². The summed E-state index contributed by atoms with van der Waals surface area (Å²) in [5, 5.41) is 9.73. The molecule has 1 unspecified atom stereocenters. The summed E-state index contributed by atoms with van der Waals surface area (Å²) in [6.45, 7) is 5.70. The lowest BCUT2D eigenvalue weighted by atomic mass is 9.93. The maximum absolute atomic E-state index is 13.1. The third kappa shape index (κ3) is 3.85. The van der Waals surface area contributed by atoms with Crippen LogP contribution < -0.4 is 0 Å². The van der Waals surface area contributed by atoms with E-state index in [1.165, 1.54) is 17.0 Å². The number of carbonyl (C=O) groups is 1. The Bertz CT molecular complexity index is 560. The summed E-state index contributed by atoms with van der Waals surface area (Å²) in [5.41, 5.74) is 1.03. The Kier molecular flexibility index (Phi) is 4.86. The van der Waals surface area contributed by atoms with Crippen molar-refractivity contribution >= 4 is 11.7 Å². The van der Waals surface area contributed by atoms with Crippen LogP contribution in [0.3, 0.4) is 0 Å². The molecule has 1 aliphatic rings. The van der Waals surface area contributed by atoms with Crippen LogP contribution in [0, 0.1) is 5.82 Å². The molecule has 1 aromatic rings. The molecule has 0 saturated carbocycles. The van der Waals surface area contributed by atoms with Crippen molar-refractivity contribution in [2.24, 2.45) is 0 Å². The van der Waals surface area contributed by atoms with E-state index < -0.39 is 17.7 Å². The second-order valence-corrected chi connectivity index (χ2v) is 6.33. The normalized spacial score (nSPS) is 18.9. The van der Waals surface area contributed by atoms with Gasteiger partial charge in [-0.25, -0.2) is 9.18 Å². The van der Waals surface area contributed by atoms with Gasteiger partial charge in [0.15, 0.2) is 0 Å². The predicted molar refractivity (Wildman–Crippen MR) is 82.8 cm³/mol.